The lowest BCUT2D eigenvalue weighted by atomic mass is 9.99. The lowest BCUT2D eigenvalue weighted by molar-refractivity contribution is 0.0175. The minimum atomic E-state index is -0.505. The van der Waals surface area contributed by atoms with E-state index in [0.29, 0.717) is 38.2 Å². The Hall–Kier alpha value is -3.10. The number of carbonyl (C=O) groups is 1. The van der Waals surface area contributed by atoms with Crippen molar-refractivity contribution in [3.05, 3.63) is 42.1 Å². The third-order valence-electron chi connectivity index (χ3n) is 5.32. The molecule has 9 heteroatoms. The minimum absolute atomic E-state index is 0.284. The highest BCUT2D eigenvalue weighted by Gasteiger charge is 2.40. The van der Waals surface area contributed by atoms with Gasteiger partial charge in [-0.1, -0.05) is 6.07 Å². The average Bonchev–Trinajstić information content (AvgIpc) is 3.25. The summed E-state index contributed by atoms with van der Waals surface area (Å²) in [5, 5.41) is 3.93. The second-order valence-corrected chi connectivity index (χ2v) is 9.01. The number of carbonyl (C=O) groups excluding carboxylic acids is 1. The van der Waals surface area contributed by atoms with Gasteiger partial charge in [-0.2, -0.15) is 5.10 Å². The van der Waals surface area contributed by atoms with E-state index in [1.807, 2.05) is 33.8 Å². The van der Waals surface area contributed by atoms with Crippen LogP contribution < -0.4 is 0 Å². The molecule has 0 N–H and O–H groups in total. The van der Waals surface area contributed by atoms with Gasteiger partial charge in [-0.15, -0.1) is 0 Å². The molecule has 2 aliphatic heterocycles. The number of ether oxygens (including phenoxy) is 1. The summed E-state index contributed by atoms with van der Waals surface area (Å²) in [5.41, 5.74) is 1.86. The van der Waals surface area contributed by atoms with Crippen LogP contribution in [0.2, 0.25) is 0 Å². The molecule has 1 amide bonds. The SMILES string of the molecule is CC1=NC2(CCN(C(=O)OC(C)(C)C)CC2)N=C1Cc1ccc(-n2cc(F)cn2)nc1. The van der Waals surface area contributed by atoms with Gasteiger partial charge in [0.2, 0.25) is 0 Å². The molecule has 8 nitrogen and oxygen atoms in total. The summed E-state index contributed by atoms with van der Waals surface area (Å²) >= 11 is 0. The Labute approximate surface area is 180 Å². The zero-order valence-electron chi connectivity index (χ0n) is 18.3. The molecule has 0 radical (unpaired) electrons. The zero-order valence-corrected chi connectivity index (χ0v) is 18.3. The van der Waals surface area contributed by atoms with Crippen LogP contribution in [0.1, 0.15) is 46.1 Å². The summed E-state index contributed by atoms with van der Waals surface area (Å²) in [5.74, 6) is 0.151. The van der Waals surface area contributed by atoms with Crippen molar-refractivity contribution in [1.29, 1.82) is 0 Å². The van der Waals surface area contributed by atoms with Crippen LogP contribution in [0, 0.1) is 5.82 Å². The highest BCUT2D eigenvalue weighted by atomic mass is 19.1. The van der Waals surface area contributed by atoms with Gasteiger partial charge in [0, 0.05) is 38.5 Å². The second kappa shape index (κ2) is 7.86. The van der Waals surface area contributed by atoms with Crippen molar-refractivity contribution in [1.82, 2.24) is 19.7 Å². The van der Waals surface area contributed by atoms with Crippen LogP contribution in [0.3, 0.4) is 0 Å². The second-order valence-electron chi connectivity index (χ2n) is 9.01. The smallest absolute Gasteiger partial charge is 0.410 e. The molecular weight excluding hydrogens is 399 g/mol. The first-order valence-corrected chi connectivity index (χ1v) is 10.4. The molecule has 1 spiro atoms. The number of halogens is 1. The van der Waals surface area contributed by atoms with Crippen molar-refractivity contribution in [3.63, 3.8) is 0 Å². The summed E-state index contributed by atoms with van der Waals surface area (Å²) in [6, 6.07) is 3.74. The molecule has 0 aliphatic carbocycles. The van der Waals surface area contributed by atoms with Crippen LogP contribution in [-0.4, -0.2) is 61.5 Å². The van der Waals surface area contributed by atoms with Gasteiger partial charge in [-0.05, 0) is 39.3 Å². The quantitative estimate of drug-likeness (QED) is 0.751. The maximum atomic E-state index is 13.2. The summed E-state index contributed by atoms with van der Waals surface area (Å²) in [7, 11) is 0. The molecule has 2 aliphatic rings. The fraction of sp³-hybridized carbons (Fsp3) is 0.500. The lowest BCUT2D eigenvalue weighted by Gasteiger charge is -2.36. The fourth-order valence-electron chi connectivity index (χ4n) is 3.78. The average molecular weight is 426 g/mol. The van der Waals surface area contributed by atoms with Gasteiger partial charge in [0.1, 0.15) is 5.60 Å². The summed E-state index contributed by atoms with van der Waals surface area (Å²) in [6.07, 6.45) is 5.87. The third kappa shape index (κ3) is 4.81. The Bertz CT molecular complexity index is 1030. The molecule has 0 aromatic carbocycles. The van der Waals surface area contributed by atoms with Gasteiger partial charge in [-0.25, -0.2) is 18.9 Å². The van der Waals surface area contributed by atoms with Crippen LogP contribution in [0.25, 0.3) is 5.82 Å². The zero-order chi connectivity index (χ0) is 22.2. The van der Waals surface area contributed by atoms with Crippen molar-refractivity contribution in [3.8, 4) is 5.82 Å². The molecule has 164 valence electrons. The molecule has 0 bridgehead atoms. The highest BCUT2D eigenvalue weighted by Crippen LogP contribution is 2.33. The topological polar surface area (TPSA) is 85.0 Å². The van der Waals surface area contributed by atoms with E-state index in [4.69, 9.17) is 14.7 Å². The van der Waals surface area contributed by atoms with Crippen molar-refractivity contribution in [2.75, 3.05) is 13.1 Å². The molecule has 0 unspecified atom stereocenters. The Balaban J connectivity index is 1.40. The lowest BCUT2D eigenvalue weighted by Crippen LogP contribution is -2.46. The standard InChI is InChI=1S/C22H27FN6O2/c1-15-18(11-16-5-6-19(24-12-16)29-14-17(23)13-25-29)27-22(26-15)7-9-28(10-8-22)20(30)31-21(2,3)4/h5-6,12-14H,7-11H2,1-4H3. The van der Waals surface area contributed by atoms with Gasteiger partial charge in [-0.3, -0.25) is 9.98 Å². The van der Waals surface area contributed by atoms with E-state index in [1.165, 1.54) is 10.9 Å². The predicted octanol–water partition coefficient (Wildman–Crippen LogP) is 3.59. The summed E-state index contributed by atoms with van der Waals surface area (Å²) in [4.78, 5) is 28.2. The maximum Gasteiger partial charge on any atom is 0.410 e. The molecule has 1 fully saturated rings. The molecule has 0 atom stereocenters. The van der Waals surface area contributed by atoms with Gasteiger partial charge < -0.3 is 9.64 Å². The van der Waals surface area contributed by atoms with Crippen LogP contribution in [0.15, 0.2) is 40.7 Å². The van der Waals surface area contributed by atoms with Crippen molar-refractivity contribution < 1.29 is 13.9 Å². The Morgan fingerprint density at radius 3 is 2.52 bits per heavy atom. The molecule has 2 aromatic rings. The first-order chi connectivity index (χ1) is 14.6. The van der Waals surface area contributed by atoms with Crippen molar-refractivity contribution in [2.24, 2.45) is 9.98 Å². The predicted molar refractivity (Wildman–Crippen MR) is 115 cm³/mol. The monoisotopic (exact) mass is 426 g/mol. The van der Waals surface area contributed by atoms with E-state index in [0.717, 1.165) is 23.2 Å². The highest BCUT2D eigenvalue weighted by molar-refractivity contribution is 6.43. The Kier molecular flexibility index (Phi) is 5.36. The molecular formula is C22H27FN6O2. The van der Waals surface area contributed by atoms with E-state index in [1.54, 1.807) is 17.2 Å². The van der Waals surface area contributed by atoms with E-state index in [2.05, 4.69) is 10.1 Å². The first kappa shape index (κ1) is 21.1. The largest absolute Gasteiger partial charge is 0.444 e. The van der Waals surface area contributed by atoms with Crippen LogP contribution >= 0.6 is 0 Å². The van der Waals surface area contributed by atoms with Gasteiger partial charge in [0.25, 0.3) is 0 Å². The Morgan fingerprint density at radius 2 is 1.94 bits per heavy atom. The normalized spacial score (nSPS) is 18.2. The third-order valence-corrected chi connectivity index (χ3v) is 5.32. The molecule has 0 saturated carbocycles. The summed E-state index contributed by atoms with van der Waals surface area (Å²) < 4.78 is 20.0. The maximum absolute atomic E-state index is 13.2. The molecule has 4 rings (SSSR count). The van der Waals surface area contributed by atoms with Crippen molar-refractivity contribution in [2.45, 2.75) is 58.2 Å². The number of nitrogens with zero attached hydrogens (tertiary/aromatic N) is 6. The minimum Gasteiger partial charge on any atom is -0.444 e. The molecule has 4 heterocycles. The molecule has 31 heavy (non-hydrogen) atoms. The van der Waals surface area contributed by atoms with Gasteiger partial charge in [0.15, 0.2) is 17.3 Å². The number of likely N-dealkylation sites (tertiary alicyclic amines) is 1. The van der Waals surface area contributed by atoms with E-state index in [-0.39, 0.29) is 6.09 Å². The summed E-state index contributed by atoms with van der Waals surface area (Å²) in [6.45, 7) is 8.71. The van der Waals surface area contributed by atoms with Gasteiger partial charge in [0.05, 0.1) is 23.8 Å². The van der Waals surface area contributed by atoms with Crippen LogP contribution in [0.5, 0.6) is 0 Å². The number of aromatic nitrogens is 3. The van der Waals surface area contributed by atoms with Crippen LogP contribution in [-0.2, 0) is 11.2 Å². The number of hydrogen-bond acceptors (Lipinski definition) is 6. The van der Waals surface area contributed by atoms with Crippen molar-refractivity contribution >= 4 is 17.5 Å². The molecule has 2 aromatic heterocycles. The van der Waals surface area contributed by atoms with E-state index >= 15 is 0 Å². The van der Waals surface area contributed by atoms with Crippen LogP contribution in [0.4, 0.5) is 9.18 Å². The van der Waals surface area contributed by atoms with E-state index < -0.39 is 17.1 Å². The number of pyridine rings is 1. The molecule has 1 saturated heterocycles. The number of amides is 1. The number of piperidine rings is 1. The first-order valence-electron chi connectivity index (χ1n) is 10.4. The number of rotatable bonds is 3. The van der Waals surface area contributed by atoms with E-state index in [9.17, 15) is 9.18 Å². The fourth-order valence-corrected chi connectivity index (χ4v) is 3.78. The van der Waals surface area contributed by atoms with Gasteiger partial charge >= 0.3 is 6.09 Å². The number of hydrogen-bond donors (Lipinski definition) is 0. The Morgan fingerprint density at radius 1 is 1.19 bits per heavy atom. The number of aliphatic imine (C=N–C) groups is 2.